The Morgan fingerprint density at radius 2 is 1.50 bits per heavy atom. The Morgan fingerprint density at radius 1 is 1.00 bits per heavy atom. The Labute approximate surface area is 103 Å². The van der Waals surface area contributed by atoms with Crippen LogP contribution in [0.2, 0.25) is 0 Å². The second-order valence-corrected chi connectivity index (χ2v) is 3.22. The lowest BCUT2D eigenvalue weighted by Gasteiger charge is -2.08. The maximum Gasteiger partial charge on any atom is 0.359 e. The highest BCUT2D eigenvalue weighted by Gasteiger charge is 2.19. The topological polar surface area (TPSA) is 155 Å². The van der Waals surface area contributed by atoms with Crippen molar-refractivity contribution in [3.63, 3.8) is 0 Å². The molecule has 18 heavy (non-hydrogen) atoms. The van der Waals surface area contributed by atoms with Gasteiger partial charge in [0.1, 0.15) is 5.75 Å². The van der Waals surface area contributed by atoms with Crippen LogP contribution in [0, 0.1) is 0 Å². The number of para-hydroxylation sites is 1. The van der Waals surface area contributed by atoms with Crippen molar-refractivity contribution in [2.45, 2.75) is 6.17 Å². The minimum absolute atomic E-state index is 0.324. The molecule has 8 N–H and O–H groups in total. The minimum Gasteiger partial charge on any atom is -0.424 e. The maximum absolute atomic E-state index is 11.7. The zero-order chi connectivity index (χ0) is 13.5. The number of aliphatic imine (C=N–C) groups is 2. The number of esters is 1. The van der Waals surface area contributed by atoms with Gasteiger partial charge in [-0.25, -0.2) is 14.8 Å². The summed E-state index contributed by atoms with van der Waals surface area (Å²) < 4.78 is 5.00. The molecule has 8 heteroatoms. The van der Waals surface area contributed by atoms with E-state index in [-0.39, 0.29) is 11.9 Å². The molecule has 0 radical (unpaired) electrons. The first-order valence-electron chi connectivity index (χ1n) is 4.93. The molecule has 0 aliphatic carbocycles. The molecule has 0 aliphatic heterocycles. The number of benzene rings is 1. The van der Waals surface area contributed by atoms with Crippen molar-refractivity contribution >= 4 is 17.9 Å². The van der Waals surface area contributed by atoms with Crippen LogP contribution in [0.5, 0.6) is 5.75 Å². The molecule has 1 aromatic rings. The van der Waals surface area contributed by atoms with Crippen molar-refractivity contribution in [3.05, 3.63) is 30.3 Å². The molecular formula is C10H14N6O2. The number of guanidine groups is 2. The van der Waals surface area contributed by atoms with E-state index in [2.05, 4.69) is 9.98 Å². The van der Waals surface area contributed by atoms with E-state index >= 15 is 0 Å². The van der Waals surface area contributed by atoms with Gasteiger partial charge in [-0.05, 0) is 12.1 Å². The van der Waals surface area contributed by atoms with Crippen molar-refractivity contribution in [1.82, 2.24) is 0 Å². The lowest BCUT2D eigenvalue weighted by atomic mass is 10.3. The van der Waals surface area contributed by atoms with Crippen molar-refractivity contribution in [3.8, 4) is 5.75 Å². The fraction of sp³-hybridized carbons (Fsp3) is 0.100. The highest BCUT2D eigenvalue weighted by Crippen LogP contribution is 2.10. The van der Waals surface area contributed by atoms with Gasteiger partial charge in [-0.3, -0.25) is 0 Å². The third kappa shape index (κ3) is 4.39. The van der Waals surface area contributed by atoms with Gasteiger partial charge in [0.25, 0.3) is 0 Å². The molecule has 96 valence electrons. The van der Waals surface area contributed by atoms with Crippen LogP contribution in [0.15, 0.2) is 40.3 Å². The van der Waals surface area contributed by atoms with E-state index in [9.17, 15) is 4.79 Å². The normalized spacial score (nSPS) is 9.61. The number of hydrogen-bond donors (Lipinski definition) is 4. The molecule has 8 nitrogen and oxygen atoms in total. The number of nitrogens with zero attached hydrogens (tertiary/aromatic N) is 2. The van der Waals surface area contributed by atoms with Gasteiger partial charge in [-0.2, -0.15) is 0 Å². The lowest BCUT2D eigenvalue weighted by molar-refractivity contribution is -0.135. The molecule has 0 aromatic heterocycles. The molecule has 0 saturated carbocycles. The standard InChI is InChI=1S/C10H14N6O2/c11-9(12)15-7(16-10(13)14)8(17)18-6-4-2-1-3-5-6/h1-5,7H,(H4,11,12,15)(H4,13,14,16). The quantitative estimate of drug-likeness (QED) is 0.220. The van der Waals surface area contributed by atoms with Crippen LogP contribution in [0.1, 0.15) is 0 Å². The van der Waals surface area contributed by atoms with Crippen molar-refractivity contribution in [2.24, 2.45) is 32.9 Å². The summed E-state index contributed by atoms with van der Waals surface area (Å²) in [6.45, 7) is 0. The molecule has 0 fully saturated rings. The molecule has 0 bridgehead atoms. The van der Waals surface area contributed by atoms with Gasteiger partial charge < -0.3 is 27.7 Å². The average molecular weight is 250 g/mol. The highest BCUT2D eigenvalue weighted by molar-refractivity contribution is 5.86. The van der Waals surface area contributed by atoms with Crippen LogP contribution in [-0.4, -0.2) is 24.1 Å². The van der Waals surface area contributed by atoms with Crippen LogP contribution < -0.4 is 27.7 Å². The molecule has 0 heterocycles. The van der Waals surface area contributed by atoms with Crippen molar-refractivity contribution < 1.29 is 9.53 Å². The van der Waals surface area contributed by atoms with Gasteiger partial charge in [0, 0.05) is 0 Å². The van der Waals surface area contributed by atoms with E-state index < -0.39 is 12.1 Å². The fourth-order valence-electron chi connectivity index (χ4n) is 1.07. The Morgan fingerprint density at radius 3 is 1.94 bits per heavy atom. The molecule has 0 aliphatic rings. The zero-order valence-corrected chi connectivity index (χ0v) is 9.48. The third-order valence-electron chi connectivity index (χ3n) is 1.72. The summed E-state index contributed by atoms with van der Waals surface area (Å²) >= 11 is 0. The van der Waals surface area contributed by atoms with Gasteiger partial charge >= 0.3 is 5.97 Å². The number of carbonyl (C=O) groups excluding carboxylic acids is 1. The molecule has 0 atom stereocenters. The van der Waals surface area contributed by atoms with E-state index in [1.807, 2.05) is 0 Å². The van der Waals surface area contributed by atoms with Gasteiger partial charge in [0.05, 0.1) is 0 Å². The van der Waals surface area contributed by atoms with Crippen molar-refractivity contribution in [1.29, 1.82) is 0 Å². The second-order valence-electron chi connectivity index (χ2n) is 3.22. The highest BCUT2D eigenvalue weighted by atomic mass is 16.5. The molecule has 0 unspecified atom stereocenters. The van der Waals surface area contributed by atoms with Crippen LogP contribution >= 0.6 is 0 Å². The van der Waals surface area contributed by atoms with Gasteiger partial charge in [-0.1, -0.05) is 18.2 Å². The molecular weight excluding hydrogens is 236 g/mol. The SMILES string of the molecule is NC(N)=NC(N=C(N)N)C(=O)Oc1ccccc1. The van der Waals surface area contributed by atoms with Crippen LogP contribution in [0.3, 0.4) is 0 Å². The third-order valence-corrected chi connectivity index (χ3v) is 1.72. The molecule has 1 aromatic carbocycles. The largest absolute Gasteiger partial charge is 0.424 e. The summed E-state index contributed by atoms with van der Waals surface area (Å²) in [5.74, 6) is -1.10. The minimum atomic E-state index is -1.32. The first kappa shape index (κ1) is 13.3. The number of hydrogen-bond acceptors (Lipinski definition) is 4. The summed E-state index contributed by atoms with van der Waals surface area (Å²) in [6.07, 6.45) is -1.32. The Kier molecular flexibility index (Phi) is 4.50. The summed E-state index contributed by atoms with van der Waals surface area (Å²) in [6, 6.07) is 8.39. The Balaban J connectivity index is 2.84. The summed E-state index contributed by atoms with van der Waals surface area (Å²) in [5, 5.41) is 0. The maximum atomic E-state index is 11.7. The predicted molar refractivity (Wildman–Crippen MR) is 67.5 cm³/mol. The number of rotatable bonds is 4. The van der Waals surface area contributed by atoms with E-state index in [0.29, 0.717) is 5.75 Å². The molecule has 1 rings (SSSR count). The second kappa shape index (κ2) is 6.09. The van der Waals surface area contributed by atoms with E-state index in [4.69, 9.17) is 27.7 Å². The number of ether oxygens (including phenoxy) is 1. The van der Waals surface area contributed by atoms with Gasteiger partial charge in [0.15, 0.2) is 11.9 Å². The smallest absolute Gasteiger partial charge is 0.359 e. The Hall–Kier alpha value is -2.77. The summed E-state index contributed by atoms with van der Waals surface area (Å²) in [5.41, 5.74) is 20.7. The molecule has 0 spiro atoms. The lowest BCUT2D eigenvalue weighted by Crippen LogP contribution is -2.33. The summed E-state index contributed by atoms with van der Waals surface area (Å²) in [4.78, 5) is 18.9. The molecule has 0 amide bonds. The predicted octanol–water partition coefficient (Wildman–Crippen LogP) is -1.54. The number of nitrogens with two attached hydrogens (primary N) is 4. The fourth-order valence-corrected chi connectivity index (χ4v) is 1.07. The Bertz CT molecular complexity index is 445. The van der Waals surface area contributed by atoms with Crippen LogP contribution in [0.25, 0.3) is 0 Å². The first-order chi connectivity index (χ1) is 8.49. The van der Waals surface area contributed by atoms with Crippen molar-refractivity contribution in [2.75, 3.05) is 0 Å². The monoisotopic (exact) mass is 250 g/mol. The molecule has 0 saturated heterocycles. The average Bonchev–Trinajstić information content (AvgIpc) is 2.28. The van der Waals surface area contributed by atoms with E-state index in [0.717, 1.165) is 0 Å². The van der Waals surface area contributed by atoms with Gasteiger partial charge in [0.2, 0.25) is 6.17 Å². The van der Waals surface area contributed by atoms with Crippen LogP contribution in [0.4, 0.5) is 0 Å². The van der Waals surface area contributed by atoms with Gasteiger partial charge in [-0.15, -0.1) is 0 Å². The number of carbonyl (C=O) groups is 1. The van der Waals surface area contributed by atoms with E-state index in [1.54, 1.807) is 30.3 Å². The van der Waals surface area contributed by atoms with Crippen LogP contribution in [-0.2, 0) is 4.79 Å². The zero-order valence-electron chi connectivity index (χ0n) is 9.48. The summed E-state index contributed by atoms with van der Waals surface area (Å²) in [7, 11) is 0. The first-order valence-corrected chi connectivity index (χ1v) is 4.93. The van der Waals surface area contributed by atoms with E-state index in [1.165, 1.54) is 0 Å².